The molecular weight excluding hydrogens is 436 g/mol. The van der Waals surface area contributed by atoms with E-state index < -0.39 is 12.1 Å². The van der Waals surface area contributed by atoms with Gasteiger partial charge in [-0.1, -0.05) is 38.1 Å². The Kier molecular flexibility index (Phi) is 7.05. The minimum absolute atomic E-state index is 0.0287. The average molecular weight is 473 g/mol. The highest BCUT2D eigenvalue weighted by molar-refractivity contribution is 7.99. The van der Waals surface area contributed by atoms with E-state index in [2.05, 4.69) is 41.9 Å². The molecule has 0 aromatic heterocycles. The molecule has 3 aliphatic rings. The van der Waals surface area contributed by atoms with Crippen LogP contribution in [-0.4, -0.2) is 58.9 Å². The molecule has 2 heterocycles. The zero-order valence-corrected chi connectivity index (χ0v) is 20.8. The van der Waals surface area contributed by atoms with Crippen LogP contribution >= 0.6 is 11.8 Å². The van der Waals surface area contributed by atoms with Gasteiger partial charge in [0.05, 0.1) is 17.5 Å². The van der Waals surface area contributed by atoms with Crippen molar-refractivity contribution in [1.82, 2.24) is 20.9 Å². The Morgan fingerprint density at radius 3 is 2.67 bits per heavy atom. The zero-order chi connectivity index (χ0) is 23.8. The van der Waals surface area contributed by atoms with Gasteiger partial charge in [0.2, 0.25) is 17.7 Å². The number of hydrogen-bond acceptors (Lipinski definition) is 5. The Hall–Kier alpha value is -2.06. The topological polar surface area (TPSA) is 90.5 Å². The van der Waals surface area contributed by atoms with E-state index in [1.165, 1.54) is 11.1 Å². The van der Waals surface area contributed by atoms with Crippen LogP contribution in [-0.2, 0) is 20.8 Å². The molecule has 2 fully saturated rings. The molecule has 0 bridgehead atoms. The van der Waals surface area contributed by atoms with Gasteiger partial charge in [-0.25, -0.2) is 0 Å². The highest BCUT2D eigenvalue weighted by Crippen LogP contribution is 2.46. The molecule has 2 aliphatic heterocycles. The number of aryl methyl sites for hydroxylation is 1. The summed E-state index contributed by atoms with van der Waals surface area (Å²) in [5.41, 5.74) is 2.13. The first-order chi connectivity index (χ1) is 15.7. The lowest BCUT2D eigenvalue weighted by Gasteiger charge is -2.36. The molecule has 3 N–H and O–H groups in total. The van der Waals surface area contributed by atoms with E-state index in [1.54, 1.807) is 30.6 Å². The predicted octanol–water partition coefficient (Wildman–Crippen LogP) is 2.36. The molecule has 2 saturated heterocycles. The molecule has 5 atom stereocenters. The van der Waals surface area contributed by atoms with Crippen LogP contribution in [0.2, 0.25) is 0 Å². The van der Waals surface area contributed by atoms with Crippen LogP contribution < -0.4 is 16.0 Å². The van der Waals surface area contributed by atoms with Gasteiger partial charge in [-0.15, -0.1) is 11.8 Å². The maximum absolute atomic E-state index is 13.7. The lowest BCUT2D eigenvalue weighted by Crippen LogP contribution is -2.58. The van der Waals surface area contributed by atoms with E-state index in [0.29, 0.717) is 6.42 Å². The molecule has 1 aromatic carbocycles. The molecule has 4 rings (SSSR count). The zero-order valence-electron chi connectivity index (χ0n) is 20.0. The molecule has 0 saturated carbocycles. The van der Waals surface area contributed by atoms with Crippen molar-refractivity contribution in [3.63, 3.8) is 0 Å². The van der Waals surface area contributed by atoms with E-state index in [1.807, 2.05) is 12.1 Å². The number of nitrogens with one attached hydrogen (secondary N) is 3. The first kappa shape index (κ1) is 24.1. The number of rotatable bonds is 5. The van der Waals surface area contributed by atoms with Crippen LogP contribution in [0.4, 0.5) is 0 Å². The van der Waals surface area contributed by atoms with Crippen LogP contribution in [0.15, 0.2) is 24.3 Å². The third kappa shape index (κ3) is 4.78. The van der Waals surface area contributed by atoms with Crippen molar-refractivity contribution < 1.29 is 14.4 Å². The normalized spacial score (nSPS) is 29.5. The second-order valence-electron chi connectivity index (χ2n) is 10.2. The number of hydrogen-bond donors (Lipinski definition) is 3. The third-order valence-electron chi connectivity index (χ3n) is 7.38. The van der Waals surface area contributed by atoms with Gasteiger partial charge < -0.3 is 20.9 Å². The number of carbonyl (C=O) groups is 3. The molecule has 33 heavy (non-hydrogen) atoms. The third-order valence-corrected chi connectivity index (χ3v) is 8.63. The lowest BCUT2D eigenvalue weighted by atomic mass is 9.83. The van der Waals surface area contributed by atoms with E-state index in [9.17, 15) is 14.4 Å². The van der Waals surface area contributed by atoms with Crippen molar-refractivity contribution in [3.05, 3.63) is 35.4 Å². The van der Waals surface area contributed by atoms with Crippen molar-refractivity contribution >= 4 is 29.5 Å². The molecule has 8 heteroatoms. The van der Waals surface area contributed by atoms with Crippen molar-refractivity contribution in [2.45, 2.75) is 82.4 Å². The minimum Gasteiger partial charge on any atom is -0.347 e. The number of nitrogens with zero attached hydrogens (tertiary/aromatic N) is 1. The van der Waals surface area contributed by atoms with Gasteiger partial charge in [0.15, 0.2) is 0 Å². The number of likely N-dealkylation sites (N-methyl/N-ethyl adjacent to an activating group) is 1. The fourth-order valence-corrected chi connectivity index (χ4v) is 7.01. The summed E-state index contributed by atoms with van der Waals surface area (Å²) in [6.45, 7) is 5.92. The Bertz CT molecular complexity index is 921. The van der Waals surface area contributed by atoms with Gasteiger partial charge in [0.1, 0.15) is 12.1 Å². The molecule has 1 aromatic rings. The van der Waals surface area contributed by atoms with Gasteiger partial charge in [0.25, 0.3) is 0 Å². The minimum atomic E-state index is -0.606. The second-order valence-corrected chi connectivity index (χ2v) is 11.5. The summed E-state index contributed by atoms with van der Waals surface area (Å²) in [4.78, 5) is 41.6. The number of amides is 3. The maximum atomic E-state index is 13.7. The summed E-state index contributed by atoms with van der Waals surface area (Å²) < 4.78 is 0. The number of carbonyl (C=O) groups excluding carboxylic acids is 3. The first-order valence-corrected chi connectivity index (χ1v) is 13.1. The van der Waals surface area contributed by atoms with Crippen LogP contribution in [0, 0.1) is 5.41 Å². The quantitative estimate of drug-likeness (QED) is 0.612. The van der Waals surface area contributed by atoms with E-state index in [-0.39, 0.29) is 40.6 Å². The predicted molar refractivity (Wildman–Crippen MR) is 131 cm³/mol. The summed E-state index contributed by atoms with van der Waals surface area (Å²) in [5.74, 6) is 0.342. The molecule has 1 aliphatic carbocycles. The lowest BCUT2D eigenvalue weighted by molar-refractivity contribution is -0.144. The number of fused-ring (bicyclic) bond motifs is 2. The van der Waals surface area contributed by atoms with Crippen molar-refractivity contribution in [1.29, 1.82) is 0 Å². The summed E-state index contributed by atoms with van der Waals surface area (Å²) >= 11 is 1.72. The van der Waals surface area contributed by atoms with Gasteiger partial charge in [0, 0.05) is 0 Å². The van der Waals surface area contributed by atoms with Gasteiger partial charge in [-0.05, 0) is 68.4 Å². The Labute approximate surface area is 200 Å². The Balaban J connectivity index is 1.56. The smallest absolute Gasteiger partial charge is 0.246 e. The second kappa shape index (κ2) is 9.66. The monoisotopic (exact) mass is 472 g/mol. The van der Waals surface area contributed by atoms with Gasteiger partial charge >= 0.3 is 0 Å². The highest BCUT2D eigenvalue weighted by atomic mass is 32.2. The highest BCUT2D eigenvalue weighted by Gasteiger charge is 2.54. The van der Waals surface area contributed by atoms with Crippen molar-refractivity contribution in [2.75, 3.05) is 12.8 Å². The summed E-state index contributed by atoms with van der Waals surface area (Å²) in [6, 6.07) is 6.73. The average Bonchev–Trinajstić information content (AvgIpc) is 2.99. The summed E-state index contributed by atoms with van der Waals surface area (Å²) in [6.07, 6.45) is 4.31. The first-order valence-electron chi connectivity index (χ1n) is 12.0. The number of thioether (sulfide) groups is 1. The summed E-state index contributed by atoms with van der Waals surface area (Å²) in [7, 11) is 1.72. The van der Waals surface area contributed by atoms with E-state index >= 15 is 0 Å². The molecule has 0 unspecified atom stereocenters. The van der Waals surface area contributed by atoms with E-state index in [0.717, 1.165) is 31.4 Å². The van der Waals surface area contributed by atoms with Crippen LogP contribution in [0.3, 0.4) is 0 Å². The Morgan fingerprint density at radius 1 is 1.15 bits per heavy atom. The molecule has 0 radical (unpaired) electrons. The molecule has 3 amide bonds. The molecule has 180 valence electrons. The standard InChI is InChI=1S/C25H36N4O3S/c1-15(26-4)22(30)28-19-12-13-33-20-14-25(2,3)21(29(20)24(19)32)23(31)27-18-11-7-9-16-8-5-6-10-17(16)18/h5-6,8,10,15,18-21,26H,7,9,11-14H2,1-4H3,(H,27,31)(H,28,30)/t15-,18+,19-,20-,21+/m0/s1. The van der Waals surface area contributed by atoms with Crippen molar-refractivity contribution in [2.24, 2.45) is 5.41 Å². The van der Waals surface area contributed by atoms with Crippen LogP contribution in [0.25, 0.3) is 0 Å². The molecular formula is C25H36N4O3S. The van der Waals surface area contributed by atoms with Crippen LogP contribution in [0.5, 0.6) is 0 Å². The van der Waals surface area contributed by atoms with Gasteiger partial charge in [-0.3, -0.25) is 14.4 Å². The molecule has 7 nitrogen and oxygen atoms in total. The SMILES string of the molecule is CN[C@@H](C)C(=O)N[C@H]1CCS[C@H]2CC(C)(C)[C@@H](C(=O)N[C@@H]3CCCc4ccccc43)N2C1=O. The largest absolute Gasteiger partial charge is 0.347 e. The number of benzene rings is 1. The van der Waals surface area contributed by atoms with Gasteiger partial charge in [-0.2, -0.15) is 0 Å². The summed E-state index contributed by atoms with van der Waals surface area (Å²) in [5, 5.41) is 9.07. The van der Waals surface area contributed by atoms with E-state index in [4.69, 9.17) is 0 Å². The maximum Gasteiger partial charge on any atom is 0.246 e. The fraction of sp³-hybridized carbons (Fsp3) is 0.640. The van der Waals surface area contributed by atoms with Crippen LogP contribution in [0.1, 0.15) is 63.6 Å². The fourth-order valence-electron chi connectivity index (χ4n) is 5.43. The van der Waals surface area contributed by atoms with Crippen molar-refractivity contribution in [3.8, 4) is 0 Å². The molecule has 0 spiro atoms. The Morgan fingerprint density at radius 2 is 1.91 bits per heavy atom.